The van der Waals surface area contributed by atoms with Gasteiger partial charge >= 0.3 is 0 Å². The Kier molecular flexibility index (Phi) is 5.82. The molecule has 5 nitrogen and oxygen atoms in total. The molecule has 0 fully saturated rings. The number of rotatable bonds is 6. The zero-order valence-electron chi connectivity index (χ0n) is 16.8. The molecule has 0 radical (unpaired) electrons. The van der Waals surface area contributed by atoms with Crippen LogP contribution in [0.1, 0.15) is 21.5 Å². The van der Waals surface area contributed by atoms with Crippen LogP contribution in [0.3, 0.4) is 0 Å². The highest BCUT2D eigenvalue weighted by atomic mass is 35.5. The molecule has 7 heteroatoms. The van der Waals surface area contributed by atoms with Crippen LogP contribution < -0.4 is 18.9 Å². The van der Waals surface area contributed by atoms with E-state index >= 15 is 0 Å². The Labute approximate surface area is 183 Å². The zero-order valence-corrected chi connectivity index (χ0v) is 17.5. The average molecular weight is 441 g/mol. The third-order valence-corrected chi connectivity index (χ3v) is 5.11. The Balaban J connectivity index is 1.52. The molecule has 158 valence electrons. The molecular formula is C24H18ClFO5. The molecule has 0 atom stereocenters. The maximum Gasteiger partial charge on any atom is 0.231 e. The summed E-state index contributed by atoms with van der Waals surface area (Å²) in [5.41, 5.74) is 1.82. The van der Waals surface area contributed by atoms with Crippen molar-refractivity contribution in [1.82, 2.24) is 0 Å². The van der Waals surface area contributed by atoms with Crippen molar-refractivity contribution in [3.63, 3.8) is 0 Å². The Morgan fingerprint density at radius 1 is 1.00 bits per heavy atom. The molecule has 0 saturated carbocycles. The van der Waals surface area contributed by atoms with Gasteiger partial charge < -0.3 is 18.9 Å². The Morgan fingerprint density at radius 2 is 1.81 bits per heavy atom. The standard InChI is InChI=1S/C24H18ClFO5/c1-28-20-8-3-14(9-22(20)29-2)10-23-24(27)18-7-6-17(12-21(18)31-23)30-13-15-4-5-16(26)11-19(15)25/h3-12H,13H2,1-2H3. The number of fused-ring (bicyclic) bond motifs is 1. The molecule has 0 saturated heterocycles. The number of benzene rings is 3. The lowest BCUT2D eigenvalue weighted by atomic mass is 10.1. The van der Waals surface area contributed by atoms with Crippen molar-refractivity contribution >= 4 is 23.5 Å². The predicted octanol–water partition coefficient (Wildman–Crippen LogP) is 5.69. The van der Waals surface area contributed by atoms with Crippen LogP contribution in [0.4, 0.5) is 4.39 Å². The van der Waals surface area contributed by atoms with Gasteiger partial charge in [-0.1, -0.05) is 23.7 Å². The molecule has 0 bridgehead atoms. The molecule has 1 aliphatic rings. The predicted molar refractivity (Wildman–Crippen MR) is 115 cm³/mol. The quantitative estimate of drug-likeness (QED) is 0.461. The number of carbonyl (C=O) groups excluding carboxylic acids is 1. The number of carbonyl (C=O) groups is 1. The van der Waals surface area contributed by atoms with Gasteiger partial charge in [-0.15, -0.1) is 0 Å². The van der Waals surface area contributed by atoms with Gasteiger partial charge in [0.25, 0.3) is 0 Å². The van der Waals surface area contributed by atoms with E-state index in [0.29, 0.717) is 34.1 Å². The number of ketones is 1. The highest BCUT2D eigenvalue weighted by molar-refractivity contribution is 6.31. The molecule has 0 spiro atoms. The number of hydrogen-bond donors (Lipinski definition) is 0. The first-order valence-electron chi connectivity index (χ1n) is 9.35. The van der Waals surface area contributed by atoms with E-state index < -0.39 is 5.82 Å². The van der Waals surface area contributed by atoms with Crippen LogP contribution in [-0.4, -0.2) is 20.0 Å². The number of halogens is 2. The summed E-state index contributed by atoms with van der Waals surface area (Å²) < 4.78 is 35.2. The minimum Gasteiger partial charge on any atom is -0.493 e. The number of hydrogen-bond acceptors (Lipinski definition) is 5. The summed E-state index contributed by atoms with van der Waals surface area (Å²) in [6, 6.07) is 14.4. The smallest absolute Gasteiger partial charge is 0.231 e. The molecule has 0 unspecified atom stereocenters. The van der Waals surface area contributed by atoms with Gasteiger partial charge in [0.1, 0.15) is 23.9 Å². The van der Waals surface area contributed by atoms with Crippen LogP contribution in [0.15, 0.2) is 60.4 Å². The van der Waals surface area contributed by atoms with E-state index in [0.717, 1.165) is 5.56 Å². The van der Waals surface area contributed by atoms with Crippen molar-refractivity contribution in [2.24, 2.45) is 0 Å². The van der Waals surface area contributed by atoms with Gasteiger partial charge in [0, 0.05) is 11.6 Å². The lowest BCUT2D eigenvalue weighted by Gasteiger charge is -2.09. The van der Waals surface area contributed by atoms with E-state index in [-0.39, 0.29) is 23.2 Å². The van der Waals surface area contributed by atoms with Crippen molar-refractivity contribution in [2.45, 2.75) is 6.61 Å². The summed E-state index contributed by atoms with van der Waals surface area (Å²) >= 11 is 6.03. The molecule has 1 aliphatic heterocycles. The summed E-state index contributed by atoms with van der Waals surface area (Å²) in [4.78, 5) is 12.7. The summed E-state index contributed by atoms with van der Waals surface area (Å²) in [5, 5.41) is 0.285. The highest BCUT2D eigenvalue weighted by Crippen LogP contribution is 2.36. The molecule has 0 amide bonds. The average Bonchev–Trinajstić information content (AvgIpc) is 3.07. The van der Waals surface area contributed by atoms with Gasteiger partial charge in [-0.05, 0) is 48.0 Å². The monoisotopic (exact) mass is 440 g/mol. The normalized spacial score (nSPS) is 13.7. The van der Waals surface area contributed by atoms with Crippen LogP contribution >= 0.6 is 11.6 Å². The first-order valence-corrected chi connectivity index (χ1v) is 9.73. The lowest BCUT2D eigenvalue weighted by Crippen LogP contribution is -1.98. The van der Waals surface area contributed by atoms with Gasteiger partial charge in [0.2, 0.25) is 5.78 Å². The number of allylic oxidation sites excluding steroid dienone is 1. The SMILES string of the molecule is COc1ccc(C=C2Oc3cc(OCc4ccc(F)cc4Cl)ccc3C2=O)cc1OC. The maximum atomic E-state index is 13.2. The number of methoxy groups -OCH3 is 2. The van der Waals surface area contributed by atoms with Gasteiger partial charge in [0.05, 0.1) is 24.8 Å². The summed E-state index contributed by atoms with van der Waals surface area (Å²) in [7, 11) is 3.10. The van der Waals surface area contributed by atoms with Crippen LogP contribution in [-0.2, 0) is 6.61 Å². The Morgan fingerprint density at radius 3 is 2.55 bits per heavy atom. The molecule has 0 aromatic heterocycles. The highest BCUT2D eigenvalue weighted by Gasteiger charge is 2.28. The largest absolute Gasteiger partial charge is 0.493 e. The van der Waals surface area contributed by atoms with Crippen LogP contribution in [0.25, 0.3) is 6.08 Å². The summed E-state index contributed by atoms with van der Waals surface area (Å²) in [6.07, 6.45) is 1.64. The zero-order chi connectivity index (χ0) is 22.0. The molecule has 0 aliphatic carbocycles. The molecule has 3 aromatic carbocycles. The maximum absolute atomic E-state index is 13.2. The molecule has 1 heterocycles. The third kappa shape index (κ3) is 4.34. The number of Topliss-reactive ketones (excluding diaryl/α,β-unsaturated/α-hetero) is 1. The third-order valence-electron chi connectivity index (χ3n) is 4.76. The summed E-state index contributed by atoms with van der Waals surface area (Å²) in [5.74, 6) is 1.61. The molecule has 0 N–H and O–H groups in total. The fourth-order valence-corrected chi connectivity index (χ4v) is 3.37. The van der Waals surface area contributed by atoms with Crippen LogP contribution in [0, 0.1) is 5.82 Å². The van der Waals surface area contributed by atoms with E-state index in [1.54, 1.807) is 62.8 Å². The first-order chi connectivity index (χ1) is 15.0. The van der Waals surface area contributed by atoms with Crippen LogP contribution in [0.2, 0.25) is 5.02 Å². The minimum absolute atomic E-state index is 0.153. The van der Waals surface area contributed by atoms with Gasteiger partial charge in [-0.3, -0.25) is 4.79 Å². The van der Waals surface area contributed by atoms with Crippen molar-refractivity contribution in [2.75, 3.05) is 14.2 Å². The fraction of sp³-hybridized carbons (Fsp3) is 0.125. The van der Waals surface area contributed by atoms with Gasteiger partial charge in [-0.2, -0.15) is 0 Å². The molecular weight excluding hydrogens is 423 g/mol. The van der Waals surface area contributed by atoms with Crippen molar-refractivity contribution in [1.29, 1.82) is 0 Å². The number of ether oxygens (including phenoxy) is 4. The Hall–Kier alpha value is -3.51. The fourth-order valence-electron chi connectivity index (χ4n) is 3.15. The second kappa shape index (κ2) is 8.70. The Bertz CT molecular complexity index is 1190. The van der Waals surface area contributed by atoms with Crippen molar-refractivity contribution in [3.05, 3.63) is 87.9 Å². The van der Waals surface area contributed by atoms with E-state index in [4.69, 9.17) is 30.5 Å². The molecule has 3 aromatic rings. The van der Waals surface area contributed by atoms with E-state index in [9.17, 15) is 9.18 Å². The van der Waals surface area contributed by atoms with Gasteiger partial charge in [-0.25, -0.2) is 4.39 Å². The van der Waals surface area contributed by atoms with E-state index in [2.05, 4.69) is 0 Å². The van der Waals surface area contributed by atoms with Crippen molar-refractivity contribution < 1.29 is 28.1 Å². The lowest BCUT2D eigenvalue weighted by molar-refractivity contribution is 0.101. The summed E-state index contributed by atoms with van der Waals surface area (Å²) in [6.45, 7) is 0.153. The minimum atomic E-state index is -0.410. The van der Waals surface area contributed by atoms with Crippen LogP contribution in [0.5, 0.6) is 23.0 Å². The second-order valence-electron chi connectivity index (χ2n) is 6.74. The van der Waals surface area contributed by atoms with Gasteiger partial charge in [0.15, 0.2) is 17.3 Å². The second-order valence-corrected chi connectivity index (χ2v) is 7.14. The van der Waals surface area contributed by atoms with E-state index in [1.807, 2.05) is 0 Å². The topological polar surface area (TPSA) is 54.0 Å². The molecule has 31 heavy (non-hydrogen) atoms. The van der Waals surface area contributed by atoms with E-state index in [1.165, 1.54) is 12.1 Å². The first kappa shape index (κ1) is 20.8. The molecule has 4 rings (SSSR count). The van der Waals surface area contributed by atoms with Crippen molar-refractivity contribution in [3.8, 4) is 23.0 Å².